The lowest BCUT2D eigenvalue weighted by atomic mass is 9.93. The first-order valence-corrected chi connectivity index (χ1v) is 14.4. The molecule has 1 N–H and O–H groups in total. The smallest absolute Gasteiger partial charge is 0.410 e. The molecule has 0 aliphatic carbocycles. The molecule has 1 fully saturated rings. The van der Waals surface area contributed by atoms with E-state index in [9.17, 15) is 13.2 Å². The monoisotopic (exact) mass is 569 g/mol. The van der Waals surface area contributed by atoms with Crippen molar-refractivity contribution in [2.75, 3.05) is 25.0 Å². The predicted molar refractivity (Wildman–Crippen MR) is 146 cm³/mol. The summed E-state index contributed by atoms with van der Waals surface area (Å²) in [5, 5.41) is 3.35. The van der Waals surface area contributed by atoms with Crippen LogP contribution < -0.4 is 5.32 Å². The molecule has 210 valence electrons. The lowest BCUT2D eigenvalue weighted by Gasteiger charge is -2.37. The molecule has 0 spiro atoms. The van der Waals surface area contributed by atoms with Gasteiger partial charge in [0, 0.05) is 25.2 Å². The number of carbonyl (C=O) groups is 1. The summed E-state index contributed by atoms with van der Waals surface area (Å²) < 4.78 is 62.6. The molecule has 0 saturated carbocycles. The number of carbonyl (C=O) groups excluding carboxylic acids is 1. The molecule has 0 bridgehead atoms. The van der Waals surface area contributed by atoms with Crippen LogP contribution in [0.4, 0.5) is 19.4 Å². The number of piperidine rings is 1. The summed E-state index contributed by atoms with van der Waals surface area (Å²) in [6, 6.07) is 17.7. The first kappa shape index (κ1) is 27.5. The molecule has 1 aliphatic rings. The van der Waals surface area contributed by atoms with Gasteiger partial charge in [-0.3, -0.25) is 0 Å². The SMILES string of the molecule is Cc1ccc(COC(=O)N2CC[C@H](CNc3ncnc4c3ccn4S(=O)(=O)Cc3ccccc3)C(F)(F)C2)cc1. The van der Waals surface area contributed by atoms with Gasteiger partial charge in [0.25, 0.3) is 5.92 Å². The fraction of sp³-hybridized carbons (Fsp3) is 0.321. The molecule has 2 aromatic carbocycles. The summed E-state index contributed by atoms with van der Waals surface area (Å²) in [5.41, 5.74) is 2.64. The number of amides is 1. The number of alkyl halides is 2. The number of aryl methyl sites for hydroxylation is 1. The number of aromatic nitrogens is 3. The highest BCUT2D eigenvalue weighted by atomic mass is 32.2. The highest BCUT2D eigenvalue weighted by molar-refractivity contribution is 7.89. The Morgan fingerprint density at radius 2 is 1.82 bits per heavy atom. The third-order valence-electron chi connectivity index (χ3n) is 6.94. The van der Waals surface area contributed by atoms with Gasteiger partial charge in [0.15, 0.2) is 5.65 Å². The number of ether oxygens (including phenoxy) is 1. The lowest BCUT2D eigenvalue weighted by Crippen LogP contribution is -2.52. The molecule has 1 saturated heterocycles. The van der Waals surface area contributed by atoms with Crippen LogP contribution in [0, 0.1) is 12.8 Å². The number of benzene rings is 2. The van der Waals surface area contributed by atoms with Crippen molar-refractivity contribution in [3.05, 3.63) is 89.9 Å². The largest absolute Gasteiger partial charge is 0.445 e. The van der Waals surface area contributed by atoms with Gasteiger partial charge in [-0.1, -0.05) is 60.2 Å². The van der Waals surface area contributed by atoms with Crippen LogP contribution in [0.25, 0.3) is 11.0 Å². The van der Waals surface area contributed by atoms with Crippen molar-refractivity contribution < 1.29 is 26.7 Å². The van der Waals surface area contributed by atoms with E-state index in [2.05, 4.69) is 15.3 Å². The molecule has 1 amide bonds. The summed E-state index contributed by atoms with van der Waals surface area (Å²) in [7, 11) is -3.78. The zero-order chi connectivity index (χ0) is 28.3. The summed E-state index contributed by atoms with van der Waals surface area (Å²) in [6.07, 6.45) is 1.87. The minimum absolute atomic E-state index is 0.0105. The van der Waals surface area contributed by atoms with Gasteiger partial charge >= 0.3 is 6.09 Å². The highest BCUT2D eigenvalue weighted by Gasteiger charge is 2.46. The summed E-state index contributed by atoms with van der Waals surface area (Å²) in [6.45, 7) is 1.21. The van der Waals surface area contributed by atoms with Gasteiger partial charge < -0.3 is 15.0 Å². The van der Waals surface area contributed by atoms with Gasteiger partial charge in [-0.25, -0.2) is 35.9 Å². The average Bonchev–Trinajstić information content (AvgIpc) is 3.38. The molecule has 40 heavy (non-hydrogen) atoms. The number of anilines is 1. The van der Waals surface area contributed by atoms with Gasteiger partial charge in [0.1, 0.15) is 18.8 Å². The summed E-state index contributed by atoms with van der Waals surface area (Å²) in [5.74, 6) is -4.19. The van der Waals surface area contributed by atoms with Crippen molar-refractivity contribution in [3.63, 3.8) is 0 Å². The molecule has 4 aromatic rings. The second-order valence-electron chi connectivity index (χ2n) is 9.90. The molecule has 3 heterocycles. The predicted octanol–water partition coefficient (Wildman–Crippen LogP) is 4.82. The van der Waals surface area contributed by atoms with Crippen molar-refractivity contribution in [1.82, 2.24) is 18.8 Å². The van der Waals surface area contributed by atoms with E-state index in [1.165, 1.54) is 12.5 Å². The fourth-order valence-electron chi connectivity index (χ4n) is 4.68. The van der Waals surface area contributed by atoms with Crippen LogP contribution in [0.15, 0.2) is 73.2 Å². The topological polar surface area (TPSA) is 106 Å². The van der Waals surface area contributed by atoms with Crippen molar-refractivity contribution in [3.8, 4) is 0 Å². The Morgan fingerprint density at radius 3 is 2.55 bits per heavy atom. The van der Waals surface area contributed by atoms with Crippen LogP contribution in [0.2, 0.25) is 0 Å². The van der Waals surface area contributed by atoms with Crippen LogP contribution in [-0.2, 0) is 27.1 Å². The fourth-order valence-corrected chi connectivity index (χ4v) is 6.09. The maximum Gasteiger partial charge on any atom is 0.410 e. The van der Waals surface area contributed by atoms with E-state index in [1.54, 1.807) is 36.4 Å². The number of fused-ring (bicyclic) bond motifs is 1. The maximum absolute atomic E-state index is 15.1. The highest BCUT2D eigenvalue weighted by Crippen LogP contribution is 2.34. The van der Waals surface area contributed by atoms with Crippen LogP contribution in [0.3, 0.4) is 0 Å². The molecule has 12 heteroatoms. The molecule has 0 unspecified atom stereocenters. The number of nitrogens with zero attached hydrogens (tertiary/aromatic N) is 4. The van der Waals surface area contributed by atoms with Crippen LogP contribution in [-0.4, -0.2) is 58.9 Å². The van der Waals surface area contributed by atoms with E-state index in [0.29, 0.717) is 10.9 Å². The number of nitrogens with one attached hydrogen (secondary N) is 1. The lowest BCUT2D eigenvalue weighted by molar-refractivity contribution is -0.101. The Morgan fingerprint density at radius 1 is 1.07 bits per heavy atom. The van der Waals surface area contributed by atoms with E-state index in [0.717, 1.165) is 20.0 Å². The zero-order valence-electron chi connectivity index (χ0n) is 21.8. The van der Waals surface area contributed by atoms with E-state index in [1.807, 2.05) is 31.2 Å². The van der Waals surface area contributed by atoms with E-state index in [4.69, 9.17) is 4.74 Å². The molecule has 2 aromatic heterocycles. The van der Waals surface area contributed by atoms with E-state index < -0.39 is 34.5 Å². The Bertz CT molecular complexity index is 1590. The summed E-state index contributed by atoms with van der Waals surface area (Å²) in [4.78, 5) is 21.8. The Hall–Kier alpha value is -4.06. The minimum atomic E-state index is -3.78. The number of halogens is 2. The second kappa shape index (κ2) is 11.2. The number of rotatable bonds is 8. The normalized spacial score (nSPS) is 17.1. The van der Waals surface area contributed by atoms with Crippen molar-refractivity contribution in [2.24, 2.45) is 5.92 Å². The molecular formula is C28H29F2N5O4S. The van der Waals surface area contributed by atoms with Gasteiger partial charge in [0.05, 0.1) is 17.7 Å². The van der Waals surface area contributed by atoms with Gasteiger partial charge in [-0.05, 0) is 30.5 Å². The van der Waals surface area contributed by atoms with Crippen LogP contribution in [0.5, 0.6) is 0 Å². The third-order valence-corrected chi connectivity index (χ3v) is 8.54. The first-order chi connectivity index (χ1) is 19.1. The van der Waals surface area contributed by atoms with Crippen molar-refractivity contribution in [1.29, 1.82) is 0 Å². The Kier molecular flexibility index (Phi) is 7.70. The van der Waals surface area contributed by atoms with E-state index >= 15 is 8.78 Å². The second-order valence-corrected chi connectivity index (χ2v) is 11.7. The van der Waals surface area contributed by atoms with Crippen LogP contribution in [0.1, 0.15) is 23.1 Å². The number of likely N-dealkylation sites (tertiary alicyclic amines) is 1. The van der Waals surface area contributed by atoms with Crippen molar-refractivity contribution in [2.45, 2.75) is 31.6 Å². The zero-order valence-corrected chi connectivity index (χ0v) is 22.7. The average molecular weight is 570 g/mol. The minimum Gasteiger partial charge on any atom is -0.445 e. The quantitative estimate of drug-likeness (QED) is 0.324. The number of hydrogen-bond donors (Lipinski definition) is 1. The Labute approximate surface area is 230 Å². The van der Waals surface area contributed by atoms with E-state index in [-0.39, 0.29) is 43.3 Å². The molecule has 1 aliphatic heterocycles. The Balaban J connectivity index is 1.21. The molecular weight excluding hydrogens is 540 g/mol. The molecule has 0 radical (unpaired) electrons. The van der Waals surface area contributed by atoms with Gasteiger partial charge in [0.2, 0.25) is 10.0 Å². The maximum atomic E-state index is 15.1. The molecule has 5 rings (SSSR count). The van der Waals surface area contributed by atoms with Crippen molar-refractivity contribution >= 4 is 33.0 Å². The van der Waals surface area contributed by atoms with Gasteiger partial charge in [-0.2, -0.15) is 0 Å². The van der Waals surface area contributed by atoms with Crippen LogP contribution >= 0.6 is 0 Å². The standard InChI is InChI=1S/C28H29F2N5O4S/c1-20-7-9-21(10-8-20)16-39-27(36)34-13-11-23(28(29,30)18-34)15-31-25-24-12-14-35(26(24)33-19-32-25)40(37,38)17-22-5-3-2-4-6-22/h2-10,12,14,19,23H,11,13,15-18H2,1H3,(H,31,32,33)/t23-/m1/s1. The molecule has 9 nitrogen and oxygen atoms in total. The molecule has 1 atom stereocenters. The summed E-state index contributed by atoms with van der Waals surface area (Å²) >= 11 is 0. The number of hydrogen-bond acceptors (Lipinski definition) is 7. The third kappa shape index (κ3) is 6.06. The van der Waals surface area contributed by atoms with Gasteiger partial charge in [-0.15, -0.1) is 0 Å². The first-order valence-electron chi connectivity index (χ1n) is 12.8.